The minimum Gasteiger partial charge on any atom is -0.398 e. The second-order valence-electron chi connectivity index (χ2n) is 15.1. The number of likely N-dealkylation sites (N-methyl/N-ethyl adjacent to an activating group) is 1. The number of aryl methyl sites for hydroxylation is 1. The monoisotopic (exact) mass is 687 g/mol. The molecule has 2 saturated heterocycles. The first-order valence-corrected chi connectivity index (χ1v) is 17.9. The van der Waals surface area contributed by atoms with E-state index in [9.17, 15) is 10.1 Å². The number of aromatic nitrogens is 7. The number of rotatable bonds is 6. The van der Waals surface area contributed by atoms with Gasteiger partial charge in [-0.3, -0.25) is 4.79 Å². The molecule has 2 aliphatic carbocycles. The lowest BCUT2D eigenvalue weighted by Crippen LogP contribution is -2.59. The smallest absolute Gasteiger partial charge is 0.272 e. The van der Waals surface area contributed by atoms with Crippen molar-refractivity contribution >= 4 is 22.6 Å². The van der Waals surface area contributed by atoms with Crippen LogP contribution < -0.4 is 11.1 Å². The van der Waals surface area contributed by atoms with Gasteiger partial charge in [0.05, 0.1) is 47.4 Å². The van der Waals surface area contributed by atoms with Crippen molar-refractivity contribution in [2.75, 3.05) is 32.5 Å². The number of hydrogen-bond acceptors (Lipinski definition) is 11. The van der Waals surface area contributed by atoms with Crippen molar-refractivity contribution in [2.24, 2.45) is 0 Å². The molecule has 6 heterocycles. The van der Waals surface area contributed by atoms with E-state index < -0.39 is 11.0 Å². The zero-order valence-electron chi connectivity index (χ0n) is 29.1. The molecule has 3 unspecified atom stereocenters. The van der Waals surface area contributed by atoms with Crippen molar-refractivity contribution in [1.29, 1.82) is 5.26 Å². The van der Waals surface area contributed by atoms with E-state index in [1.54, 1.807) is 23.1 Å². The molecule has 0 radical (unpaired) electrons. The van der Waals surface area contributed by atoms with Gasteiger partial charge in [0.1, 0.15) is 6.07 Å². The van der Waals surface area contributed by atoms with Crippen LogP contribution in [0.25, 0.3) is 28.4 Å². The molecule has 2 aliphatic heterocycles. The van der Waals surface area contributed by atoms with Crippen LogP contribution in [0.3, 0.4) is 0 Å². The molecule has 3 atom stereocenters. The number of carbonyl (C=O) groups is 1. The average Bonchev–Trinajstić information content (AvgIpc) is 3.94. The van der Waals surface area contributed by atoms with Crippen LogP contribution in [0.2, 0.25) is 0 Å². The summed E-state index contributed by atoms with van der Waals surface area (Å²) >= 11 is 0. The normalized spacial score (nSPS) is 23.1. The van der Waals surface area contributed by atoms with E-state index in [0.29, 0.717) is 58.9 Å². The summed E-state index contributed by atoms with van der Waals surface area (Å²) in [6.45, 7) is 6.10. The number of nitrogen functional groups attached to an aromatic ring is 1. The van der Waals surface area contributed by atoms with E-state index in [0.717, 1.165) is 80.4 Å². The van der Waals surface area contributed by atoms with E-state index >= 15 is 0 Å². The summed E-state index contributed by atoms with van der Waals surface area (Å²) in [7, 11) is 2.16. The largest absolute Gasteiger partial charge is 0.398 e. The third-order valence-electron chi connectivity index (χ3n) is 11.7. The number of fused-ring (bicyclic) bond motifs is 5. The third-order valence-corrected chi connectivity index (χ3v) is 11.7. The zero-order chi connectivity index (χ0) is 35.1. The van der Waals surface area contributed by atoms with Crippen molar-refractivity contribution < 1.29 is 14.1 Å². The van der Waals surface area contributed by atoms with Gasteiger partial charge in [-0.05, 0) is 102 Å². The molecule has 4 aromatic heterocycles. The quantitative estimate of drug-likeness (QED) is 0.244. The van der Waals surface area contributed by atoms with Crippen molar-refractivity contribution in [2.45, 2.75) is 88.3 Å². The highest BCUT2D eigenvalue weighted by Crippen LogP contribution is 2.53. The average molecular weight is 688 g/mol. The fourth-order valence-electron chi connectivity index (χ4n) is 9.07. The van der Waals surface area contributed by atoms with Gasteiger partial charge in [-0.15, -0.1) is 0 Å². The molecule has 1 amide bonds. The second-order valence-corrected chi connectivity index (χ2v) is 15.1. The van der Waals surface area contributed by atoms with Gasteiger partial charge in [0.25, 0.3) is 5.91 Å². The predicted molar refractivity (Wildman–Crippen MR) is 187 cm³/mol. The van der Waals surface area contributed by atoms with E-state index in [2.05, 4.69) is 41.4 Å². The SMILES string of the molecule is CC(C1CCCN1C)n1ncc2c(-n3ccc(C(=O)NC4(C)COC4)n3)nc(-c3noc4c3CCCC43CCCc4ccc(N)c(C#N)c43)nc21. The number of nitrogens with one attached hydrogen (secondary N) is 1. The number of amides is 1. The van der Waals surface area contributed by atoms with Crippen LogP contribution in [0.4, 0.5) is 5.69 Å². The number of nitrogens with zero attached hydrogens (tertiary/aromatic N) is 9. The molecule has 14 heteroatoms. The van der Waals surface area contributed by atoms with Gasteiger partial charge in [0.15, 0.2) is 34.4 Å². The number of nitriles is 1. The Morgan fingerprint density at radius 1 is 1.16 bits per heavy atom. The van der Waals surface area contributed by atoms with E-state index in [1.165, 1.54) is 0 Å². The number of ether oxygens (including phenoxy) is 1. The molecule has 3 N–H and O–H groups in total. The van der Waals surface area contributed by atoms with Crippen LogP contribution in [0.5, 0.6) is 0 Å². The van der Waals surface area contributed by atoms with Crippen molar-refractivity contribution in [3.8, 4) is 23.4 Å². The zero-order valence-corrected chi connectivity index (χ0v) is 29.1. The molecule has 0 bridgehead atoms. The summed E-state index contributed by atoms with van der Waals surface area (Å²) in [5, 5.41) is 28.3. The molecular formula is C37H41N11O3. The van der Waals surface area contributed by atoms with E-state index in [4.69, 9.17) is 35.2 Å². The van der Waals surface area contributed by atoms with Gasteiger partial charge in [-0.1, -0.05) is 11.2 Å². The Morgan fingerprint density at radius 3 is 2.73 bits per heavy atom. The van der Waals surface area contributed by atoms with Gasteiger partial charge in [0.2, 0.25) is 0 Å². The van der Waals surface area contributed by atoms with Gasteiger partial charge < -0.3 is 25.2 Å². The number of carbonyl (C=O) groups excluding carboxylic acids is 1. The highest BCUT2D eigenvalue weighted by atomic mass is 16.5. The fourth-order valence-corrected chi connectivity index (χ4v) is 9.07. The van der Waals surface area contributed by atoms with Crippen LogP contribution in [-0.4, -0.2) is 83.9 Å². The summed E-state index contributed by atoms with van der Waals surface area (Å²) in [6, 6.07) is 8.35. The molecule has 14 nitrogen and oxygen atoms in total. The minimum absolute atomic E-state index is 0.0399. The maximum Gasteiger partial charge on any atom is 0.272 e. The van der Waals surface area contributed by atoms with Crippen LogP contribution in [0, 0.1) is 11.3 Å². The molecule has 5 aromatic rings. The van der Waals surface area contributed by atoms with Gasteiger partial charge in [-0.25, -0.2) is 19.3 Å². The number of benzene rings is 1. The maximum atomic E-state index is 13.2. The highest BCUT2D eigenvalue weighted by molar-refractivity contribution is 5.93. The Morgan fingerprint density at radius 2 is 1.98 bits per heavy atom. The molecular weight excluding hydrogens is 646 g/mol. The lowest BCUT2D eigenvalue weighted by atomic mass is 9.61. The third kappa shape index (κ3) is 4.89. The summed E-state index contributed by atoms with van der Waals surface area (Å²) < 4.78 is 15.3. The van der Waals surface area contributed by atoms with E-state index in [1.807, 2.05) is 17.7 Å². The Kier molecular flexibility index (Phi) is 7.31. The van der Waals surface area contributed by atoms with Gasteiger partial charge >= 0.3 is 0 Å². The van der Waals surface area contributed by atoms with Crippen molar-refractivity contribution in [3.05, 3.63) is 64.3 Å². The topological polar surface area (TPSA) is 179 Å². The molecule has 51 heavy (non-hydrogen) atoms. The number of hydrogen-bond donors (Lipinski definition) is 2. The summed E-state index contributed by atoms with van der Waals surface area (Å²) in [4.78, 5) is 25.8. The lowest BCUT2D eigenvalue weighted by molar-refractivity contribution is -0.0594. The van der Waals surface area contributed by atoms with Crippen LogP contribution in [-0.2, 0) is 23.0 Å². The van der Waals surface area contributed by atoms with Gasteiger partial charge in [-0.2, -0.15) is 15.5 Å². The molecule has 2 fully saturated rings. The highest BCUT2D eigenvalue weighted by Gasteiger charge is 2.48. The second kappa shape index (κ2) is 11.7. The Labute approximate surface area is 294 Å². The number of anilines is 1. The molecule has 262 valence electrons. The molecule has 1 spiro atoms. The lowest BCUT2D eigenvalue weighted by Gasteiger charge is -2.41. The summed E-state index contributed by atoms with van der Waals surface area (Å²) in [6.07, 6.45) is 10.9. The Balaban J connectivity index is 1.19. The first-order chi connectivity index (χ1) is 24.7. The van der Waals surface area contributed by atoms with Crippen LogP contribution in [0.1, 0.15) is 96.9 Å². The molecule has 9 rings (SSSR count). The first kappa shape index (κ1) is 31.8. The van der Waals surface area contributed by atoms with Crippen LogP contribution in [0.15, 0.2) is 35.1 Å². The first-order valence-electron chi connectivity index (χ1n) is 17.9. The number of nitrogens with two attached hydrogens (primary N) is 1. The summed E-state index contributed by atoms with van der Waals surface area (Å²) in [5.74, 6) is 1.39. The molecule has 4 aliphatic rings. The minimum atomic E-state index is -0.504. The summed E-state index contributed by atoms with van der Waals surface area (Å²) in [5.41, 5.74) is 11.1. The molecule has 1 aromatic carbocycles. The maximum absolute atomic E-state index is 13.2. The van der Waals surface area contributed by atoms with Crippen LogP contribution >= 0.6 is 0 Å². The Hall–Kier alpha value is -5.13. The molecule has 0 saturated carbocycles. The Bertz CT molecular complexity index is 2240. The number of likely N-dealkylation sites (tertiary alicyclic amines) is 1. The standard InChI is InChI=1S/C37H41N11O3/c1-21(28-9-6-15-46(28)3)48-34-25(18-40-48)33(47-16-12-27(44-47)35(49)43-36(2)19-50-20-36)41-32(42-34)30-23-8-5-14-37(31(23)51-45-30)13-4-7-22-10-11-26(39)24(17-38)29(22)37/h10-12,16,18,21,28H,4-9,13-15,19-20,39H2,1-3H3,(H,43,49). The van der Waals surface area contributed by atoms with Crippen molar-refractivity contribution in [3.63, 3.8) is 0 Å². The van der Waals surface area contributed by atoms with Gasteiger partial charge in [0, 0.05) is 23.5 Å². The van der Waals surface area contributed by atoms with Crippen molar-refractivity contribution in [1.82, 2.24) is 44.9 Å². The van der Waals surface area contributed by atoms with E-state index in [-0.39, 0.29) is 17.6 Å². The fraction of sp³-hybridized carbons (Fsp3) is 0.486. The predicted octanol–water partition coefficient (Wildman–Crippen LogP) is 4.25.